The van der Waals surface area contributed by atoms with Crippen molar-refractivity contribution in [2.75, 3.05) is 18.4 Å². The highest BCUT2D eigenvalue weighted by Crippen LogP contribution is 2.23. The smallest absolute Gasteiger partial charge is 0.322 e. The summed E-state index contributed by atoms with van der Waals surface area (Å²) in [6.45, 7) is 6.72. The summed E-state index contributed by atoms with van der Waals surface area (Å²) in [6.07, 6.45) is 1.46. The minimum atomic E-state index is -0.479. The molecule has 1 aliphatic heterocycles. The van der Waals surface area contributed by atoms with Gasteiger partial charge in [0.15, 0.2) is 0 Å². The van der Waals surface area contributed by atoms with E-state index in [2.05, 4.69) is 21.2 Å². The van der Waals surface area contributed by atoms with Gasteiger partial charge in [0.2, 0.25) is 5.91 Å². The zero-order chi connectivity index (χ0) is 17.9. The molecule has 1 heterocycles. The number of benzene rings is 1. The van der Waals surface area contributed by atoms with Crippen LogP contribution in [0.1, 0.15) is 33.6 Å². The van der Waals surface area contributed by atoms with Gasteiger partial charge in [-0.15, -0.1) is 0 Å². The molecule has 3 amide bonds. The summed E-state index contributed by atoms with van der Waals surface area (Å²) in [5.41, 5.74) is 0.162. The van der Waals surface area contributed by atoms with Gasteiger partial charge >= 0.3 is 6.03 Å². The third-order valence-corrected chi connectivity index (χ3v) is 4.76. The molecule has 0 aliphatic carbocycles. The quantitative estimate of drug-likeness (QED) is 0.838. The van der Waals surface area contributed by atoms with Gasteiger partial charge in [0.25, 0.3) is 0 Å². The number of carbonyl (C=O) groups excluding carboxylic acids is 2. The fourth-order valence-electron chi connectivity index (χ4n) is 3.05. The van der Waals surface area contributed by atoms with Crippen molar-refractivity contribution in [3.05, 3.63) is 28.5 Å². The third-order valence-electron chi connectivity index (χ3n) is 4.27. The van der Waals surface area contributed by atoms with Gasteiger partial charge in [0.1, 0.15) is 5.82 Å². The first-order valence-electron chi connectivity index (χ1n) is 8.09. The van der Waals surface area contributed by atoms with E-state index in [1.165, 1.54) is 12.1 Å². The second-order valence-corrected chi connectivity index (χ2v) is 7.21. The largest absolute Gasteiger partial charge is 0.343 e. The Labute approximate surface area is 150 Å². The summed E-state index contributed by atoms with van der Waals surface area (Å²) in [5, 5.41) is 2.66. The normalized spacial score (nSPS) is 15.5. The monoisotopic (exact) mass is 399 g/mol. The van der Waals surface area contributed by atoms with E-state index in [0.717, 1.165) is 12.8 Å². The van der Waals surface area contributed by atoms with Gasteiger partial charge in [-0.1, -0.05) is 15.9 Å². The molecule has 24 heavy (non-hydrogen) atoms. The van der Waals surface area contributed by atoms with Crippen molar-refractivity contribution in [3.8, 4) is 0 Å². The maximum atomic E-state index is 14.0. The van der Waals surface area contributed by atoms with Gasteiger partial charge in [0.05, 0.1) is 5.69 Å². The fourth-order valence-corrected chi connectivity index (χ4v) is 3.38. The van der Waals surface area contributed by atoms with Gasteiger partial charge in [-0.2, -0.15) is 0 Å². The summed E-state index contributed by atoms with van der Waals surface area (Å²) in [6, 6.07) is 4.25. The number of nitrogens with one attached hydrogen (secondary N) is 1. The van der Waals surface area contributed by atoms with E-state index >= 15 is 0 Å². The van der Waals surface area contributed by atoms with Crippen LogP contribution in [0.2, 0.25) is 0 Å². The van der Waals surface area contributed by atoms with Crippen LogP contribution in [0.25, 0.3) is 0 Å². The first kappa shape index (κ1) is 18.7. The van der Waals surface area contributed by atoms with E-state index in [4.69, 9.17) is 0 Å². The molecule has 132 valence electrons. The van der Waals surface area contributed by atoms with Gasteiger partial charge in [-0.25, -0.2) is 9.18 Å². The number of likely N-dealkylation sites (tertiary alicyclic amines) is 1. The maximum Gasteiger partial charge on any atom is 0.322 e. The lowest BCUT2D eigenvalue weighted by Crippen LogP contribution is -2.52. The Morgan fingerprint density at radius 2 is 1.96 bits per heavy atom. The second kappa shape index (κ2) is 7.96. The molecule has 0 bridgehead atoms. The van der Waals surface area contributed by atoms with Crippen molar-refractivity contribution in [1.29, 1.82) is 0 Å². The van der Waals surface area contributed by atoms with Crippen molar-refractivity contribution >= 4 is 33.6 Å². The first-order valence-corrected chi connectivity index (χ1v) is 8.88. The van der Waals surface area contributed by atoms with E-state index < -0.39 is 5.82 Å². The lowest BCUT2D eigenvalue weighted by molar-refractivity contribution is -0.130. The molecule has 0 unspecified atom stereocenters. The average molecular weight is 400 g/mol. The number of anilines is 1. The van der Waals surface area contributed by atoms with E-state index in [1.807, 2.05) is 13.8 Å². The number of hydrogen-bond donors (Lipinski definition) is 1. The highest BCUT2D eigenvalue weighted by Gasteiger charge is 2.30. The van der Waals surface area contributed by atoms with Crippen molar-refractivity contribution in [2.45, 2.75) is 45.7 Å². The number of urea groups is 1. The molecule has 0 saturated carbocycles. The zero-order valence-electron chi connectivity index (χ0n) is 14.2. The molecule has 1 aliphatic rings. The van der Waals surface area contributed by atoms with Crippen molar-refractivity contribution in [3.63, 3.8) is 0 Å². The second-order valence-electron chi connectivity index (χ2n) is 6.29. The Kier molecular flexibility index (Phi) is 6.21. The van der Waals surface area contributed by atoms with Crippen LogP contribution in [0.5, 0.6) is 0 Å². The minimum absolute atomic E-state index is 0.0163. The molecule has 7 heteroatoms. The van der Waals surface area contributed by atoms with Crippen LogP contribution in [0, 0.1) is 5.82 Å². The van der Waals surface area contributed by atoms with E-state index in [1.54, 1.807) is 22.8 Å². The Morgan fingerprint density at radius 3 is 2.46 bits per heavy atom. The number of hydrogen-bond acceptors (Lipinski definition) is 2. The van der Waals surface area contributed by atoms with Gasteiger partial charge in [0, 0.05) is 36.6 Å². The molecule has 2 rings (SSSR count). The topological polar surface area (TPSA) is 52.7 Å². The molecular weight excluding hydrogens is 377 g/mol. The molecule has 5 nitrogen and oxygen atoms in total. The zero-order valence-corrected chi connectivity index (χ0v) is 15.8. The SMILES string of the molecule is CC(=O)N1CCC(N(C(=O)Nc2ccc(Br)cc2F)C(C)C)CC1. The molecule has 1 N–H and O–H groups in total. The van der Waals surface area contributed by atoms with Gasteiger partial charge in [-0.3, -0.25) is 4.79 Å². The number of amides is 3. The Balaban J connectivity index is 2.07. The minimum Gasteiger partial charge on any atom is -0.343 e. The van der Waals surface area contributed by atoms with E-state index in [-0.39, 0.29) is 29.7 Å². The van der Waals surface area contributed by atoms with Crippen molar-refractivity contribution in [1.82, 2.24) is 9.80 Å². The Bertz CT molecular complexity index is 616. The molecule has 0 spiro atoms. The molecule has 1 aromatic rings. The summed E-state index contributed by atoms with van der Waals surface area (Å²) in [7, 11) is 0. The Morgan fingerprint density at radius 1 is 1.33 bits per heavy atom. The molecule has 0 aromatic heterocycles. The summed E-state index contributed by atoms with van der Waals surface area (Å²) < 4.78 is 14.6. The first-order chi connectivity index (χ1) is 11.3. The third kappa shape index (κ3) is 4.47. The number of rotatable bonds is 3. The lowest BCUT2D eigenvalue weighted by atomic mass is 10.0. The van der Waals surface area contributed by atoms with Crippen LogP contribution in [-0.2, 0) is 4.79 Å². The average Bonchev–Trinajstić information content (AvgIpc) is 2.50. The number of halogens is 2. The number of carbonyl (C=O) groups is 2. The van der Waals surface area contributed by atoms with Crippen LogP contribution < -0.4 is 5.32 Å². The lowest BCUT2D eigenvalue weighted by Gasteiger charge is -2.40. The van der Waals surface area contributed by atoms with Crippen LogP contribution in [0.3, 0.4) is 0 Å². The number of piperidine rings is 1. The van der Waals surface area contributed by atoms with E-state index in [0.29, 0.717) is 17.6 Å². The molecule has 0 radical (unpaired) electrons. The fraction of sp³-hybridized carbons (Fsp3) is 0.529. The van der Waals surface area contributed by atoms with Crippen molar-refractivity contribution < 1.29 is 14.0 Å². The highest BCUT2D eigenvalue weighted by molar-refractivity contribution is 9.10. The van der Waals surface area contributed by atoms with Crippen LogP contribution in [-0.4, -0.2) is 46.9 Å². The molecule has 0 atom stereocenters. The summed E-state index contributed by atoms with van der Waals surface area (Å²) in [4.78, 5) is 27.6. The molecular formula is C17H23BrFN3O2. The molecule has 1 aromatic carbocycles. The van der Waals surface area contributed by atoms with Gasteiger partial charge < -0.3 is 15.1 Å². The summed E-state index contributed by atoms with van der Waals surface area (Å²) in [5.74, 6) is -0.418. The molecule has 1 saturated heterocycles. The van der Waals surface area contributed by atoms with Crippen molar-refractivity contribution in [2.24, 2.45) is 0 Å². The maximum absolute atomic E-state index is 14.0. The predicted molar refractivity (Wildman–Crippen MR) is 95.4 cm³/mol. The number of nitrogens with zero attached hydrogens (tertiary/aromatic N) is 2. The van der Waals surface area contributed by atoms with Crippen LogP contribution in [0.15, 0.2) is 22.7 Å². The van der Waals surface area contributed by atoms with Crippen LogP contribution >= 0.6 is 15.9 Å². The predicted octanol–water partition coefficient (Wildman–Crippen LogP) is 3.84. The summed E-state index contributed by atoms with van der Waals surface area (Å²) >= 11 is 3.20. The van der Waals surface area contributed by atoms with Gasteiger partial charge in [-0.05, 0) is 44.9 Å². The standard InChI is InChI=1S/C17H23BrFN3O2/c1-11(2)22(14-6-8-21(9-7-14)12(3)23)17(24)20-16-5-4-13(18)10-15(16)19/h4-5,10-11,14H,6-9H2,1-3H3,(H,20,24). The van der Waals surface area contributed by atoms with E-state index in [9.17, 15) is 14.0 Å². The molecule has 1 fully saturated rings. The van der Waals surface area contributed by atoms with Crippen LogP contribution in [0.4, 0.5) is 14.9 Å². The Hall–Kier alpha value is -1.63. The highest BCUT2D eigenvalue weighted by atomic mass is 79.9.